The van der Waals surface area contributed by atoms with E-state index in [1.807, 2.05) is 37.3 Å². The first-order valence-corrected chi connectivity index (χ1v) is 16.0. The van der Waals surface area contributed by atoms with Crippen LogP contribution in [0.4, 0.5) is 5.69 Å². The molecule has 242 valence electrons. The van der Waals surface area contributed by atoms with Crippen molar-refractivity contribution >= 4 is 41.0 Å². The lowest BCUT2D eigenvalue weighted by Gasteiger charge is -2.37. The van der Waals surface area contributed by atoms with Crippen LogP contribution in [0, 0.1) is 11.8 Å². The molecule has 4 aliphatic rings. The number of ether oxygens (including phenoxy) is 2. The maximum atomic E-state index is 14.6. The minimum absolute atomic E-state index is 0.102. The Morgan fingerprint density at radius 1 is 1.02 bits per heavy atom. The molecule has 1 N–H and O–H groups in total. The van der Waals surface area contributed by atoms with E-state index in [4.69, 9.17) is 21.1 Å². The van der Waals surface area contributed by atoms with Crippen molar-refractivity contribution in [3.8, 4) is 0 Å². The van der Waals surface area contributed by atoms with Crippen molar-refractivity contribution in [2.24, 2.45) is 11.8 Å². The molecular formula is C35H38ClN3O7. The van der Waals surface area contributed by atoms with Gasteiger partial charge in [-0.2, -0.15) is 0 Å². The molecule has 4 aliphatic heterocycles. The van der Waals surface area contributed by atoms with Crippen LogP contribution in [0.1, 0.15) is 38.4 Å². The van der Waals surface area contributed by atoms with E-state index >= 15 is 0 Å². The fraction of sp³-hybridized carbons (Fsp3) is 0.429. The fourth-order valence-corrected chi connectivity index (χ4v) is 7.51. The van der Waals surface area contributed by atoms with Crippen LogP contribution in [0.3, 0.4) is 0 Å². The molecule has 0 radical (unpaired) electrons. The average molecular weight is 648 g/mol. The molecule has 0 aromatic heterocycles. The first kappa shape index (κ1) is 32.0. The Bertz CT molecular complexity index is 1580. The van der Waals surface area contributed by atoms with Crippen molar-refractivity contribution in [2.75, 3.05) is 25.1 Å². The number of halogens is 1. The lowest BCUT2D eigenvalue weighted by Crippen LogP contribution is -2.57. The van der Waals surface area contributed by atoms with E-state index in [0.717, 1.165) is 0 Å². The minimum atomic E-state index is -1.53. The van der Waals surface area contributed by atoms with Crippen LogP contribution >= 0.6 is 11.6 Å². The zero-order chi connectivity index (χ0) is 32.7. The predicted molar refractivity (Wildman–Crippen MR) is 171 cm³/mol. The van der Waals surface area contributed by atoms with Crippen molar-refractivity contribution in [2.45, 2.75) is 62.6 Å². The lowest BCUT2D eigenvalue weighted by molar-refractivity contribution is -0.164. The lowest BCUT2D eigenvalue weighted by atomic mass is 9.77. The first-order valence-electron chi connectivity index (χ1n) is 15.6. The summed E-state index contributed by atoms with van der Waals surface area (Å²) in [5, 5.41) is 10.6. The summed E-state index contributed by atoms with van der Waals surface area (Å²) >= 11 is 6.52. The second kappa shape index (κ2) is 12.7. The maximum absolute atomic E-state index is 14.6. The van der Waals surface area contributed by atoms with Crippen molar-refractivity contribution in [3.05, 3.63) is 89.5 Å². The zero-order valence-corrected chi connectivity index (χ0v) is 26.7. The Hall–Kier alpha value is -3.99. The molecule has 0 aliphatic carbocycles. The molecule has 0 bridgehead atoms. The van der Waals surface area contributed by atoms with Crippen LogP contribution in [0.15, 0.2) is 78.9 Å². The fourth-order valence-electron chi connectivity index (χ4n) is 7.28. The summed E-state index contributed by atoms with van der Waals surface area (Å²) in [5.74, 6) is -3.91. The summed E-state index contributed by atoms with van der Waals surface area (Å²) in [4.78, 5) is 61.0. The highest BCUT2D eigenvalue weighted by atomic mass is 35.5. The SMILES string of the molecule is C[C@@H]1[C@@H](c2ccccc2)OC(=O)[C@@H]2[C@H]3C(=O)N([C@H](C)CO)[C@@H]4C(=O)N(c5ccccc5Cl)CC=C[C@]34O[C@@H]2/C=C\CCC(=O)N1C. The molecule has 4 heterocycles. The number of anilines is 1. The number of amides is 3. The minimum Gasteiger partial charge on any atom is -0.455 e. The molecule has 10 nitrogen and oxygen atoms in total. The predicted octanol–water partition coefficient (Wildman–Crippen LogP) is 3.69. The van der Waals surface area contributed by atoms with Gasteiger partial charge in [0.25, 0.3) is 5.91 Å². The van der Waals surface area contributed by atoms with E-state index in [0.29, 0.717) is 22.7 Å². The molecule has 8 atom stereocenters. The average Bonchev–Trinajstić information content (AvgIpc) is 3.46. The number of carbonyl (C=O) groups excluding carboxylic acids is 4. The van der Waals surface area contributed by atoms with Gasteiger partial charge in [-0.15, -0.1) is 0 Å². The molecule has 0 saturated carbocycles. The zero-order valence-electron chi connectivity index (χ0n) is 26.0. The number of likely N-dealkylation sites (tertiary alicyclic amines) is 1. The smallest absolute Gasteiger partial charge is 0.313 e. The van der Waals surface area contributed by atoms with Crippen LogP contribution in [-0.2, 0) is 28.7 Å². The van der Waals surface area contributed by atoms with E-state index in [2.05, 4.69) is 0 Å². The monoisotopic (exact) mass is 647 g/mol. The number of hydrogen-bond donors (Lipinski definition) is 1. The number of aliphatic hydroxyl groups is 1. The van der Waals surface area contributed by atoms with Crippen molar-refractivity contribution in [3.63, 3.8) is 0 Å². The molecule has 11 heteroatoms. The van der Waals surface area contributed by atoms with Gasteiger partial charge < -0.3 is 29.3 Å². The topological polar surface area (TPSA) is 117 Å². The summed E-state index contributed by atoms with van der Waals surface area (Å²) in [6.45, 7) is 3.24. The van der Waals surface area contributed by atoms with Gasteiger partial charge in [0.05, 0.1) is 41.4 Å². The molecule has 2 fully saturated rings. The summed E-state index contributed by atoms with van der Waals surface area (Å²) in [6.07, 6.45) is 5.84. The number of cyclic esters (lactones) is 1. The number of nitrogens with zero attached hydrogens (tertiary/aromatic N) is 3. The van der Waals surface area contributed by atoms with E-state index in [1.165, 1.54) is 9.80 Å². The van der Waals surface area contributed by atoms with Gasteiger partial charge in [0.15, 0.2) is 0 Å². The number of hydrogen-bond acceptors (Lipinski definition) is 7. The van der Waals surface area contributed by atoms with Gasteiger partial charge in [-0.3, -0.25) is 19.2 Å². The van der Waals surface area contributed by atoms with E-state index in [-0.39, 0.29) is 18.9 Å². The number of carbonyl (C=O) groups is 4. The molecule has 0 unspecified atom stereocenters. The van der Waals surface area contributed by atoms with Crippen molar-refractivity contribution < 1.29 is 33.8 Å². The highest BCUT2D eigenvalue weighted by molar-refractivity contribution is 6.34. The number of benzene rings is 2. The molecule has 2 aromatic carbocycles. The molecule has 2 saturated heterocycles. The second-order valence-corrected chi connectivity index (χ2v) is 12.8. The van der Waals surface area contributed by atoms with Crippen molar-refractivity contribution in [1.29, 1.82) is 0 Å². The van der Waals surface area contributed by atoms with Gasteiger partial charge in [-0.25, -0.2) is 0 Å². The Morgan fingerprint density at radius 2 is 1.74 bits per heavy atom. The Balaban J connectivity index is 1.46. The quantitative estimate of drug-likeness (QED) is 0.398. The summed E-state index contributed by atoms with van der Waals surface area (Å²) in [7, 11) is 1.69. The van der Waals surface area contributed by atoms with Gasteiger partial charge >= 0.3 is 5.97 Å². The van der Waals surface area contributed by atoms with Crippen molar-refractivity contribution in [1.82, 2.24) is 9.80 Å². The third kappa shape index (κ3) is 5.22. The Labute approximate surface area is 273 Å². The third-order valence-corrected chi connectivity index (χ3v) is 10.1. The first-order chi connectivity index (χ1) is 22.1. The summed E-state index contributed by atoms with van der Waals surface area (Å²) < 4.78 is 13.0. The summed E-state index contributed by atoms with van der Waals surface area (Å²) in [6, 6.07) is 13.7. The Morgan fingerprint density at radius 3 is 2.46 bits per heavy atom. The second-order valence-electron chi connectivity index (χ2n) is 12.4. The molecular weight excluding hydrogens is 610 g/mol. The Kier molecular flexibility index (Phi) is 8.80. The largest absolute Gasteiger partial charge is 0.455 e. The van der Waals surface area contributed by atoms with Crippen LogP contribution in [-0.4, -0.2) is 88.6 Å². The van der Waals surface area contributed by atoms with Gasteiger partial charge in [0, 0.05) is 20.0 Å². The van der Waals surface area contributed by atoms with Gasteiger partial charge in [0.1, 0.15) is 23.7 Å². The molecule has 3 amide bonds. The van der Waals surface area contributed by atoms with Crippen LogP contribution in [0.25, 0.3) is 0 Å². The number of esters is 1. The molecule has 1 spiro atoms. The number of allylic oxidation sites excluding steroid dienone is 1. The molecule has 2 aromatic rings. The van der Waals surface area contributed by atoms with Gasteiger partial charge in [-0.1, -0.05) is 78.4 Å². The van der Waals surface area contributed by atoms with E-state index in [1.54, 1.807) is 67.4 Å². The van der Waals surface area contributed by atoms with Crippen LogP contribution in [0.2, 0.25) is 5.02 Å². The number of aliphatic hydroxyl groups excluding tert-OH is 1. The van der Waals surface area contributed by atoms with E-state index < -0.39 is 72.2 Å². The number of para-hydroxylation sites is 1. The maximum Gasteiger partial charge on any atom is 0.313 e. The number of likely N-dealkylation sites (N-methyl/N-ethyl adjacent to an activating group) is 1. The van der Waals surface area contributed by atoms with Gasteiger partial charge in [0.2, 0.25) is 11.8 Å². The summed E-state index contributed by atoms with van der Waals surface area (Å²) in [5.41, 5.74) is -0.361. The highest BCUT2D eigenvalue weighted by Gasteiger charge is 2.72. The third-order valence-electron chi connectivity index (χ3n) is 9.75. The van der Waals surface area contributed by atoms with Crippen LogP contribution in [0.5, 0.6) is 0 Å². The number of fused-ring (bicyclic) bond motifs is 2. The highest BCUT2D eigenvalue weighted by Crippen LogP contribution is 2.54. The standard InChI is InChI=1S/C35H38ClN3O7/c1-21(20-40)39-31-33(43)38(25-15-8-7-14-24(25)36)19-11-18-35(31)29(32(39)42)28-26(46-35)16-9-10-17-27(41)37(3)22(2)30(45-34(28)44)23-12-5-4-6-13-23/h4-9,11-16,18,21-22,26,28-31,40H,10,17,19-20H2,1-3H3/b16-9-/t21-,22-,26-,28+,29+,30+,31-,35+/m1/s1. The van der Waals surface area contributed by atoms with Crippen LogP contribution < -0.4 is 4.90 Å². The van der Waals surface area contributed by atoms with E-state index in [9.17, 15) is 24.3 Å². The molecule has 6 rings (SSSR count). The number of rotatable bonds is 4. The molecule has 46 heavy (non-hydrogen) atoms. The normalized spacial score (nSPS) is 32.9. The van der Waals surface area contributed by atoms with Gasteiger partial charge in [-0.05, 0) is 38.0 Å².